The second-order valence-electron chi connectivity index (χ2n) is 7.24. The van der Waals surface area contributed by atoms with E-state index in [-0.39, 0.29) is 18.0 Å². The Morgan fingerprint density at radius 1 is 1.19 bits per heavy atom. The van der Waals surface area contributed by atoms with E-state index in [1.54, 1.807) is 24.3 Å². The number of benzene rings is 2. The molecule has 5 nitrogen and oxygen atoms in total. The minimum Gasteiger partial charge on any atom is -0.354 e. The third kappa shape index (κ3) is 3.16. The van der Waals surface area contributed by atoms with Gasteiger partial charge in [-0.25, -0.2) is 0 Å². The van der Waals surface area contributed by atoms with Crippen molar-refractivity contribution >= 4 is 34.8 Å². The maximum atomic E-state index is 12.8. The third-order valence-corrected chi connectivity index (χ3v) is 5.89. The highest BCUT2D eigenvalue weighted by molar-refractivity contribution is 6.31. The number of aryl methyl sites for hydroxylation is 1. The Morgan fingerprint density at radius 3 is 2.78 bits per heavy atom. The average molecular weight is 384 g/mol. The number of hydrogen-bond acceptors (Lipinski definition) is 3. The van der Waals surface area contributed by atoms with Crippen LogP contribution in [0, 0.1) is 6.92 Å². The lowest BCUT2D eigenvalue weighted by Crippen LogP contribution is -2.55. The van der Waals surface area contributed by atoms with Crippen LogP contribution >= 0.6 is 11.6 Å². The normalized spacial score (nSPS) is 18.8. The maximum absolute atomic E-state index is 12.8. The topological polar surface area (TPSA) is 52.7 Å². The van der Waals surface area contributed by atoms with Crippen molar-refractivity contribution in [3.05, 3.63) is 58.1 Å². The largest absolute Gasteiger partial charge is 0.354 e. The van der Waals surface area contributed by atoms with Gasteiger partial charge in [0, 0.05) is 29.9 Å². The molecule has 6 heteroatoms. The Bertz CT molecular complexity index is 928. The van der Waals surface area contributed by atoms with Crippen molar-refractivity contribution < 1.29 is 9.59 Å². The molecule has 1 unspecified atom stereocenters. The molecule has 0 spiro atoms. The molecule has 2 heterocycles. The molecule has 4 rings (SSSR count). The average Bonchev–Trinajstić information content (AvgIpc) is 2.68. The van der Waals surface area contributed by atoms with Crippen LogP contribution < -0.4 is 10.2 Å². The van der Waals surface area contributed by atoms with Gasteiger partial charge in [-0.2, -0.15) is 0 Å². The number of rotatable bonds is 2. The van der Waals surface area contributed by atoms with E-state index in [0.29, 0.717) is 21.8 Å². The molecule has 0 saturated carbocycles. The van der Waals surface area contributed by atoms with Gasteiger partial charge in [0.25, 0.3) is 11.8 Å². The van der Waals surface area contributed by atoms with Gasteiger partial charge in [0.15, 0.2) is 0 Å². The van der Waals surface area contributed by atoms with Crippen LogP contribution in [0.4, 0.5) is 11.4 Å². The molecule has 1 saturated heterocycles. The van der Waals surface area contributed by atoms with Crippen LogP contribution in [0.5, 0.6) is 0 Å². The molecule has 1 atom stereocenters. The summed E-state index contributed by atoms with van der Waals surface area (Å²) in [5.74, 6) is -0.139. The molecule has 1 fully saturated rings. The lowest BCUT2D eigenvalue weighted by Gasteiger charge is -2.46. The number of nitrogens with zero attached hydrogens (tertiary/aromatic N) is 2. The number of fused-ring (bicyclic) bond motifs is 2. The van der Waals surface area contributed by atoms with Gasteiger partial charge in [0.2, 0.25) is 0 Å². The zero-order valence-corrected chi connectivity index (χ0v) is 16.2. The van der Waals surface area contributed by atoms with Gasteiger partial charge in [-0.3, -0.25) is 9.59 Å². The summed E-state index contributed by atoms with van der Waals surface area (Å²) in [5.41, 5.74) is 3.62. The van der Waals surface area contributed by atoms with Crippen LogP contribution in [-0.2, 0) is 0 Å². The number of carbonyl (C=O) groups is 2. The molecule has 0 aliphatic carbocycles. The monoisotopic (exact) mass is 383 g/mol. The predicted octanol–water partition coefficient (Wildman–Crippen LogP) is 4.30. The van der Waals surface area contributed by atoms with Crippen molar-refractivity contribution in [3.8, 4) is 0 Å². The zero-order valence-electron chi connectivity index (χ0n) is 15.5. The lowest BCUT2D eigenvalue weighted by molar-refractivity contribution is 0.0589. The fourth-order valence-corrected chi connectivity index (χ4v) is 4.06. The van der Waals surface area contributed by atoms with E-state index in [1.165, 1.54) is 0 Å². The first-order valence-corrected chi connectivity index (χ1v) is 9.59. The lowest BCUT2D eigenvalue weighted by atomic mass is 9.97. The van der Waals surface area contributed by atoms with E-state index < -0.39 is 0 Å². The summed E-state index contributed by atoms with van der Waals surface area (Å²) in [4.78, 5) is 29.6. The zero-order chi connectivity index (χ0) is 19.1. The molecular weight excluding hydrogens is 362 g/mol. The second kappa shape index (κ2) is 6.89. The van der Waals surface area contributed by atoms with Crippen molar-refractivity contribution in [1.29, 1.82) is 0 Å². The van der Waals surface area contributed by atoms with Crippen LogP contribution in [0.25, 0.3) is 0 Å². The number of halogens is 1. The van der Waals surface area contributed by atoms with E-state index in [4.69, 9.17) is 11.6 Å². The quantitative estimate of drug-likeness (QED) is 0.841. The van der Waals surface area contributed by atoms with Gasteiger partial charge >= 0.3 is 0 Å². The summed E-state index contributed by atoms with van der Waals surface area (Å²) in [6.45, 7) is 2.69. The molecule has 2 aliphatic rings. The minimum atomic E-state index is -0.202. The summed E-state index contributed by atoms with van der Waals surface area (Å²) in [6.07, 6.45) is 3.20. The molecule has 2 aliphatic heterocycles. The summed E-state index contributed by atoms with van der Waals surface area (Å²) >= 11 is 6.05. The van der Waals surface area contributed by atoms with Gasteiger partial charge in [-0.1, -0.05) is 11.6 Å². The van der Waals surface area contributed by atoms with Gasteiger partial charge in [0.05, 0.1) is 11.3 Å². The van der Waals surface area contributed by atoms with Crippen molar-refractivity contribution in [2.75, 3.05) is 23.8 Å². The van der Waals surface area contributed by atoms with Crippen LogP contribution in [0.3, 0.4) is 0 Å². The highest BCUT2D eigenvalue weighted by Gasteiger charge is 2.37. The summed E-state index contributed by atoms with van der Waals surface area (Å²) < 4.78 is 0. The number of amides is 2. The first-order valence-electron chi connectivity index (χ1n) is 9.21. The van der Waals surface area contributed by atoms with E-state index in [2.05, 4.69) is 10.2 Å². The summed E-state index contributed by atoms with van der Waals surface area (Å²) in [6, 6.07) is 10.7. The fraction of sp³-hybridized carbons (Fsp3) is 0.333. The van der Waals surface area contributed by atoms with E-state index in [0.717, 1.165) is 37.1 Å². The predicted molar refractivity (Wildman–Crippen MR) is 108 cm³/mol. The Kier molecular flexibility index (Phi) is 4.56. The highest BCUT2D eigenvalue weighted by Crippen LogP contribution is 2.35. The fourth-order valence-electron chi connectivity index (χ4n) is 3.94. The third-order valence-electron chi connectivity index (χ3n) is 5.47. The maximum Gasteiger partial charge on any atom is 0.257 e. The van der Waals surface area contributed by atoms with Crippen molar-refractivity contribution in [1.82, 2.24) is 4.90 Å². The van der Waals surface area contributed by atoms with Gasteiger partial charge in [-0.05, 0) is 68.1 Å². The summed E-state index contributed by atoms with van der Waals surface area (Å²) in [5, 5.41) is 3.57. The molecule has 2 aromatic carbocycles. The van der Waals surface area contributed by atoms with Gasteiger partial charge in [-0.15, -0.1) is 0 Å². The van der Waals surface area contributed by atoms with Crippen LogP contribution in [0.2, 0.25) is 5.02 Å². The molecule has 0 radical (unpaired) electrons. The molecule has 140 valence electrons. The molecule has 2 amide bonds. The Labute approximate surface area is 163 Å². The Balaban J connectivity index is 1.62. The first kappa shape index (κ1) is 17.9. The number of piperidine rings is 1. The molecule has 0 bridgehead atoms. The Morgan fingerprint density at radius 2 is 2.00 bits per heavy atom. The van der Waals surface area contributed by atoms with Crippen LogP contribution in [0.1, 0.15) is 45.5 Å². The molecule has 1 N–H and O–H groups in total. The first-order chi connectivity index (χ1) is 13.0. The Hall–Kier alpha value is -2.53. The standard InChI is InChI=1S/C21H22ClN3O2/c1-13-11-15(7-9-17(13)22)23-20(26)14-6-8-16-18(12-14)24(2)19-5-3-4-10-25(19)21(16)27/h6-9,11-12,19H,3-5,10H2,1-2H3,(H,23,26). The van der Waals surface area contributed by atoms with E-state index in [1.807, 2.05) is 31.0 Å². The number of hydrogen-bond donors (Lipinski definition) is 1. The molecular formula is C21H22ClN3O2. The van der Waals surface area contributed by atoms with E-state index in [9.17, 15) is 9.59 Å². The molecule has 27 heavy (non-hydrogen) atoms. The van der Waals surface area contributed by atoms with Crippen molar-refractivity contribution in [2.45, 2.75) is 32.4 Å². The van der Waals surface area contributed by atoms with Crippen molar-refractivity contribution in [3.63, 3.8) is 0 Å². The summed E-state index contributed by atoms with van der Waals surface area (Å²) in [7, 11) is 2.00. The second-order valence-corrected chi connectivity index (χ2v) is 7.64. The van der Waals surface area contributed by atoms with E-state index >= 15 is 0 Å². The van der Waals surface area contributed by atoms with Crippen molar-refractivity contribution in [2.24, 2.45) is 0 Å². The van der Waals surface area contributed by atoms with Gasteiger partial charge in [0.1, 0.15) is 6.17 Å². The smallest absolute Gasteiger partial charge is 0.257 e. The van der Waals surface area contributed by atoms with Gasteiger partial charge < -0.3 is 15.1 Å². The molecule has 0 aromatic heterocycles. The highest BCUT2D eigenvalue weighted by atomic mass is 35.5. The van der Waals surface area contributed by atoms with Crippen LogP contribution in [-0.4, -0.2) is 36.5 Å². The van der Waals surface area contributed by atoms with Crippen LogP contribution in [0.15, 0.2) is 36.4 Å². The number of carbonyl (C=O) groups excluding carboxylic acids is 2. The molecule has 2 aromatic rings. The number of anilines is 2. The number of nitrogens with one attached hydrogen (secondary N) is 1. The minimum absolute atomic E-state index is 0.0630. The SMILES string of the molecule is Cc1cc(NC(=O)c2ccc3c(c2)N(C)C2CCCCN2C3=O)ccc1Cl.